The molecule has 3 unspecified atom stereocenters. The molecule has 1 aliphatic heterocycles. The highest BCUT2D eigenvalue weighted by Gasteiger charge is 2.50. The maximum atomic E-state index is 15.6. The predicted molar refractivity (Wildman–Crippen MR) is 147 cm³/mol. The van der Waals surface area contributed by atoms with Crippen LogP contribution in [-0.2, 0) is 17.1 Å². The fourth-order valence-electron chi connectivity index (χ4n) is 5.68. The summed E-state index contributed by atoms with van der Waals surface area (Å²) in [7, 11) is 0. The average Bonchev–Trinajstić information content (AvgIpc) is 3.69. The van der Waals surface area contributed by atoms with E-state index in [4.69, 9.17) is 14.2 Å². The molecule has 1 saturated heterocycles. The van der Waals surface area contributed by atoms with Crippen molar-refractivity contribution in [2.24, 2.45) is 0 Å². The molecule has 228 valence electrons. The molecule has 0 saturated carbocycles. The Bertz CT molecular complexity index is 1140. The van der Waals surface area contributed by atoms with Crippen molar-refractivity contribution in [1.29, 1.82) is 0 Å². The summed E-state index contributed by atoms with van der Waals surface area (Å²) >= 11 is 0. The first-order valence-electron chi connectivity index (χ1n) is 15.2. The highest BCUT2D eigenvalue weighted by atomic mass is 19.3. The maximum Gasteiger partial charge on any atom is 0.284 e. The van der Waals surface area contributed by atoms with Gasteiger partial charge in [-0.3, -0.25) is 0 Å². The van der Waals surface area contributed by atoms with E-state index in [1.807, 2.05) is 0 Å². The Morgan fingerprint density at radius 3 is 2.34 bits per heavy atom. The number of nitrogens with zero attached hydrogens (tertiary/aromatic N) is 1. The monoisotopic (exact) mass is 583 g/mol. The van der Waals surface area contributed by atoms with Crippen molar-refractivity contribution < 1.29 is 36.2 Å². The van der Waals surface area contributed by atoms with Crippen LogP contribution in [0.3, 0.4) is 0 Å². The molecule has 2 aliphatic rings. The van der Waals surface area contributed by atoms with Gasteiger partial charge < -0.3 is 14.2 Å². The van der Waals surface area contributed by atoms with Crippen LogP contribution in [0.25, 0.3) is 0 Å². The minimum absolute atomic E-state index is 0.0365. The summed E-state index contributed by atoms with van der Waals surface area (Å²) in [4.78, 5) is 3.62. The molecule has 0 radical (unpaired) electrons. The Morgan fingerprint density at radius 1 is 0.878 bits per heavy atom. The van der Waals surface area contributed by atoms with Gasteiger partial charge in [0.05, 0.1) is 24.2 Å². The lowest BCUT2D eigenvalue weighted by atomic mass is 9.77. The molecule has 2 aromatic rings. The second-order valence-electron chi connectivity index (χ2n) is 11.3. The highest BCUT2D eigenvalue weighted by Crippen LogP contribution is 2.51. The standard InChI is InChI=1S/C32H42F5NO3/c1-3-5-7-9-10-12-18-39-27-19-21-14-16-23(32(36,37)28(21)31(35)38-27)22-15-17-25(30(34)29(22)33)40-20-26-24(41-26)13-11-8-6-4-2/h15,17,19,23-24,26H,3-14,16,18,20H2,1-2H3. The SMILES string of the molecule is CCCCCCCCOc1cc2c(c(F)n1)C(F)(F)C(c1ccc(OCC3OC3CCCCCC)c(F)c1F)CC2. The molecule has 1 aromatic carbocycles. The van der Waals surface area contributed by atoms with Crippen LogP contribution in [0.15, 0.2) is 18.2 Å². The fraction of sp³-hybridized carbons (Fsp3) is 0.656. The van der Waals surface area contributed by atoms with Gasteiger partial charge in [-0.2, -0.15) is 13.8 Å². The van der Waals surface area contributed by atoms with Crippen molar-refractivity contribution in [2.75, 3.05) is 13.2 Å². The molecule has 1 aliphatic carbocycles. The van der Waals surface area contributed by atoms with E-state index in [0.717, 1.165) is 76.3 Å². The number of fused-ring (bicyclic) bond motifs is 1. The Balaban J connectivity index is 1.36. The lowest BCUT2D eigenvalue weighted by Gasteiger charge is -2.34. The third-order valence-corrected chi connectivity index (χ3v) is 8.14. The van der Waals surface area contributed by atoms with E-state index in [-0.39, 0.29) is 48.8 Å². The van der Waals surface area contributed by atoms with Crippen LogP contribution in [0.2, 0.25) is 0 Å². The number of aromatic nitrogens is 1. The van der Waals surface area contributed by atoms with Crippen molar-refractivity contribution in [1.82, 2.24) is 4.98 Å². The molecule has 9 heteroatoms. The summed E-state index contributed by atoms with van der Waals surface area (Å²) in [6.07, 6.45) is 11.4. The van der Waals surface area contributed by atoms with Gasteiger partial charge in [0.1, 0.15) is 12.7 Å². The molecular weight excluding hydrogens is 541 g/mol. The number of hydrogen-bond acceptors (Lipinski definition) is 4. The second kappa shape index (κ2) is 14.7. The van der Waals surface area contributed by atoms with Gasteiger partial charge >= 0.3 is 0 Å². The smallest absolute Gasteiger partial charge is 0.284 e. The summed E-state index contributed by atoms with van der Waals surface area (Å²) in [6, 6.07) is 3.60. The first kappa shape index (κ1) is 31.5. The fourth-order valence-corrected chi connectivity index (χ4v) is 5.68. The molecule has 0 N–H and O–H groups in total. The number of pyridine rings is 1. The van der Waals surface area contributed by atoms with Crippen molar-refractivity contribution in [2.45, 2.75) is 121 Å². The lowest BCUT2D eigenvalue weighted by molar-refractivity contribution is -0.0487. The minimum Gasteiger partial charge on any atom is -0.488 e. The molecule has 4 nitrogen and oxygen atoms in total. The van der Waals surface area contributed by atoms with E-state index in [0.29, 0.717) is 6.61 Å². The Labute approximate surface area is 240 Å². The number of halogens is 5. The van der Waals surface area contributed by atoms with Crippen molar-refractivity contribution in [3.8, 4) is 11.6 Å². The van der Waals surface area contributed by atoms with E-state index < -0.39 is 40.5 Å². The molecule has 3 atom stereocenters. The highest BCUT2D eigenvalue weighted by molar-refractivity contribution is 5.42. The molecule has 0 spiro atoms. The molecular formula is C32H42F5NO3. The third-order valence-electron chi connectivity index (χ3n) is 8.14. The van der Waals surface area contributed by atoms with Crippen LogP contribution in [0.5, 0.6) is 11.6 Å². The zero-order valence-electron chi connectivity index (χ0n) is 24.1. The van der Waals surface area contributed by atoms with Gasteiger partial charge in [0, 0.05) is 11.6 Å². The van der Waals surface area contributed by atoms with E-state index in [2.05, 4.69) is 18.8 Å². The van der Waals surface area contributed by atoms with Crippen LogP contribution in [-0.4, -0.2) is 30.4 Å². The normalized spacial score (nSPS) is 21.0. The molecule has 41 heavy (non-hydrogen) atoms. The number of benzene rings is 1. The van der Waals surface area contributed by atoms with E-state index in [1.165, 1.54) is 12.5 Å². The predicted octanol–water partition coefficient (Wildman–Crippen LogP) is 9.18. The van der Waals surface area contributed by atoms with Crippen LogP contribution >= 0.6 is 0 Å². The van der Waals surface area contributed by atoms with Gasteiger partial charge in [-0.25, -0.2) is 13.2 Å². The van der Waals surface area contributed by atoms with Gasteiger partial charge in [0.15, 0.2) is 11.6 Å². The average molecular weight is 584 g/mol. The van der Waals surface area contributed by atoms with Crippen LogP contribution in [0, 0.1) is 17.6 Å². The van der Waals surface area contributed by atoms with Gasteiger partial charge in [0.2, 0.25) is 17.6 Å². The van der Waals surface area contributed by atoms with Gasteiger partial charge in [0.25, 0.3) is 5.92 Å². The third kappa shape index (κ3) is 7.90. The number of ether oxygens (including phenoxy) is 3. The van der Waals surface area contributed by atoms with E-state index >= 15 is 13.2 Å². The summed E-state index contributed by atoms with van der Waals surface area (Å²) in [5, 5.41) is 0. The first-order chi connectivity index (χ1) is 19.8. The van der Waals surface area contributed by atoms with Gasteiger partial charge in [-0.15, -0.1) is 0 Å². The molecule has 2 heterocycles. The Kier molecular flexibility index (Phi) is 11.3. The van der Waals surface area contributed by atoms with E-state index in [1.54, 1.807) is 0 Å². The van der Waals surface area contributed by atoms with Crippen molar-refractivity contribution >= 4 is 0 Å². The molecule has 4 rings (SSSR count). The summed E-state index contributed by atoms with van der Waals surface area (Å²) in [5.74, 6) is -10.0. The number of hydrogen-bond donors (Lipinski definition) is 0. The summed E-state index contributed by atoms with van der Waals surface area (Å²) in [5.41, 5.74) is -1.31. The summed E-state index contributed by atoms with van der Waals surface area (Å²) in [6.45, 7) is 4.65. The first-order valence-corrected chi connectivity index (χ1v) is 15.2. The lowest BCUT2D eigenvalue weighted by Crippen LogP contribution is -2.32. The van der Waals surface area contributed by atoms with Crippen LogP contribution in [0.4, 0.5) is 22.0 Å². The van der Waals surface area contributed by atoms with Gasteiger partial charge in [-0.1, -0.05) is 77.7 Å². The van der Waals surface area contributed by atoms with Crippen LogP contribution < -0.4 is 9.47 Å². The Hall–Kier alpha value is -2.42. The zero-order valence-corrected chi connectivity index (χ0v) is 24.1. The second-order valence-corrected chi connectivity index (χ2v) is 11.3. The largest absolute Gasteiger partial charge is 0.488 e. The number of aryl methyl sites for hydroxylation is 1. The molecule has 0 bridgehead atoms. The Morgan fingerprint density at radius 2 is 1.59 bits per heavy atom. The topological polar surface area (TPSA) is 43.9 Å². The van der Waals surface area contributed by atoms with E-state index in [9.17, 15) is 8.78 Å². The molecule has 0 amide bonds. The van der Waals surface area contributed by atoms with Crippen LogP contribution in [0.1, 0.15) is 114 Å². The minimum atomic E-state index is -3.79. The number of epoxide rings is 1. The maximum absolute atomic E-state index is 15.6. The number of alkyl halides is 2. The zero-order chi connectivity index (χ0) is 29.4. The number of rotatable bonds is 17. The summed E-state index contributed by atoms with van der Waals surface area (Å²) < 4.78 is 92.7. The molecule has 1 aromatic heterocycles. The molecule has 1 fully saturated rings. The van der Waals surface area contributed by atoms with Crippen molar-refractivity contribution in [3.63, 3.8) is 0 Å². The van der Waals surface area contributed by atoms with Gasteiger partial charge in [-0.05, 0) is 37.3 Å². The van der Waals surface area contributed by atoms with Crippen molar-refractivity contribution in [3.05, 3.63) is 52.5 Å². The number of unbranched alkanes of at least 4 members (excludes halogenated alkanes) is 8. The quantitative estimate of drug-likeness (QED) is 0.0806.